The molecule has 0 rings (SSSR count). The van der Waals surface area contributed by atoms with Crippen molar-refractivity contribution in [2.75, 3.05) is 9.36 Å². The molecule has 0 aliphatic heterocycles. The van der Waals surface area contributed by atoms with E-state index in [0.29, 0.717) is 21.2 Å². The van der Waals surface area contributed by atoms with Crippen LogP contribution in [-0.2, 0) is 0 Å². The molecular formula is C3H8I-. The first-order valence-corrected chi connectivity index (χ1v) is 5.04. The second-order valence-corrected chi connectivity index (χ2v) is 3.59. The number of halogens is 1. The summed E-state index contributed by atoms with van der Waals surface area (Å²) in [6, 6.07) is 0. The van der Waals surface area contributed by atoms with E-state index in [1.165, 1.54) is 4.43 Å². The Balaban J connectivity index is 1.97. The predicted octanol–water partition coefficient (Wildman–Crippen LogP) is -2.27. The van der Waals surface area contributed by atoms with Crippen molar-refractivity contribution in [1.29, 1.82) is 0 Å². The third-order valence-corrected chi connectivity index (χ3v) is 1.79. The van der Waals surface area contributed by atoms with E-state index in [4.69, 9.17) is 0 Å². The summed E-state index contributed by atoms with van der Waals surface area (Å²) in [5, 5.41) is 0. The van der Waals surface area contributed by atoms with Gasteiger partial charge < -0.3 is 0 Å². The molecule has 0 bridgehead atoms. The van der Waals surface area contributed by atoms with Crippen LogP contribution in [-0.4, -0.2) is 9.36 Å². The van der Waals surface area contributed by atoms with E-state index in [1.807, 2.05) is 0 Å². The van der Waals surface area contributed by atoms with Crippen LogP contribution in [0.5, 0.6) is 0 Å². The minimum absolute atomic E-state index is 0.611. The molecule has 0 spiro atoms. The number of hydrogen-bond donors (Lipinski definition) is 0. The van der Waals surface area contributed by atoms with Gasteiger partial charge in [-0.25, -0.2) is 0 Å². The first kappa shape index (κ1) is 4.73. The molecule has 0 N–H and O–H groups in total. The Morgan fingerprint density at radius 2 is 2.00 bits per heavy atom. The van der Waals surface area contributed by atoms with E-state index in [1.54, 1.807) is 0 Å². The number of alkyl halides is 2. The van der Waals surface area contributed by atoms with Crippen LogP contribution in [0.3, 0.4) is 0 Å². The molecule has 0 atom stereocenters. The zero-order valence-electron chi connectivity index (χ0n) is 3.09. The molecule has 4 heavy (non-hydrogen) atoms. The summed E-state index contributed by atoms with van der Waals surface area (Å²) in [6.45, 7) is 2.23. The molecule has 0 aromatic rings. The van der Waals surface area contributed by atoms with Gasteiger partial charge in [-0.1, -0.05) is 0 Å². The van der Waals surface area contributed by atoms with Gasteiger partial charge >= 0.3 is 37.5 Å². The van der Waals surface area contributed by atoms with Gasteiger partial charge in [0.2, 0.25) is 0 Å². The Morgan fingerprint density at radius 3 is 2.00 bits per heavy atom. The van der Waals surface area contributed by atoms with Gasteiger partial charge in [0, 0.05) is 0 Å². The molecule has 0 aromatic heterocycles. The maximum atomic E-state index is 2.29. The second kappa shape index (κ2) is 3.73. The van der Waals surface area contributed by atoms with E-state index < -0.39 is 0 Å². The fraction of sp³-hybridized carbons (Fsp3) is 1.00. The molecule has 0 amide bonds. The third kappa shape index (κ3) is 2.73. The van der Waals surface area contributed by atoms with Gasteiger partial charge in [0.15, 0.2) is 0 Å². The van der Waals surface area contributed by atoms with E-state index in [-0.39, 0.29) is 0 Å². The molecule has 0 nitrogen and oxygen atoms in total. The van der Waals surface area contributed by atoms with Crippen LogP contribution in [0.25, 0.3) is 0 Å². The van der Waals surface area contributed by atoms with Gasteiger partial charge in [0.05, 0.1) is 0 Å². The summed E-state index contributed by atoms with van der Waals surface area (Å²) in [6.07, 6.45) is 0. The van der Waals surface area contributed by atoms with Crippen molar-refractivity contribution in [3.63, 3.8) is 0 Å². The van der Waals surface area contributed by atoms with E-state index in [9.17, 15) is 0 Å². The topological polar surface area (TPSA) is 0 Å². The van der Waals surface area contributed by atoms with E-state index in [0.717, 1.165) is 0 Å². The molecule has 1 heteroatoms. The Morgan fingerprint density at radius 1 is 1.75 bits per heavy atom. The van der Waals surface area contributed by atoms with Gasteiger partial charge in [-0.3, -0.25) is 0 Å². The van der Waals surface area contributed by atoms with Gasteiger partial charge in [0.1, 0.15) is 0 Å². The standard InChI is InChI=1S/C3H8I/c1-3-4-2/h3H2,1-2H3/q-1. The van der Waals surface area contributed by atoms with Gasteiger partial charge in [-0.05, 0) is 0 Å². The monoisotopic (exact) mass is 171 g/mol. The summed E-state index contributed by atoms with van der Waals surface area (Å²) in [5.41, 5.74) is 0. The van der Waals surface area contributed by atoms with Gasteiger partial charge in [-0.2, -0.15) is 0 Å². The molecule has 0 heterocycles. The van der Waals surface area contributed by atoms with Crippen LogP contribution in [0.15, 0.2) is 0 Å². The Bertz CT molecular complexity index is 5.25. The van der Waals surface area contributed by atoms with Crippen LogP contribution >= 0.6 is 0 Å². The summed E-state index contributed by atoms with van der Waals surface area (Å²) in [4.78, 5) is 2.29. The molecule has 0 aliphatic rings. The quantitative estimate of drug-likeness (QED) is 0.308. The average Bonchev–Trinajstić information content (AvgIpc) is 1.37. The summed E-state index contributed by atoms with van der Waals surface area (Å²) >= 11 is 0.611. The fourth-order valence-corrected chi connectivity index (χ4v) is 0. The minimum atomic E-state index is 0.611. The number of rotatable bonds is 1. The maximum absolute atomic E-state index is 2.29. The molecule has 0 aliphatic carbocycles. The van der Waals surface area contributed by atoms with Crippen LogP contribution in [0.1, 0.15) is 6.92 Å². The zero-order chi connectivity index (χ0) is 3.41. The average molecular weight is 171 g/mol. The third-order valence-electron chi connectivity index (χ3n) is 0.267. The Hall–Kier alpha value is 0.730. The normalized spacial score (nSPS) is 8.50. The van der Waals surface area contributed by atoms with Gasteiger partial charge in [0.25, 0.3) is 0 Å². The first-order chi connectivity index (χ1) is 1.91. The molecule has 28 valence electrons. The summed E-state index contributed by atoms with van der Waals surface area (Å²) in [7, 11) is 0. The molecule has 0 saturated carbocycles. The van der Waals surface area contributed by atoms with E-state index >= 15 is 0 Å². The van der Waals surface area contributed by atoms with Crippen molar-refractivity contribution in [2.45, 2.75) is 6.92 Å². The summed E-state index contributed by atoms with van der Waals surface area (Å²) < 4.78 is 1.43. The first-order valence-electron chi connectivity index (χ1n) is 1.35. The predicted molar refractivity (Wildman–Crippen MR) is 16.5 cm³/mol. The second-order valence-electron chi connectivity index (χ2n) is 0.535. The van der Waals surface area contributed by atoms with Crippen molar-refractivity contribution < 1.29 is 21.2 Å². The van der Waals surface area contributed by atoms with Crippen molar-refractivity contribution in [3.8, 4) is 0 Å². The Labute approximate surface area is 37.9 Å². The molecule has 0 saturated heterocycles. The van der Waals surface area contributed by atoms with Crippen molar-refractivity contribution in [1.82, 2.24) is 0 Å². The zero-order valence-corrected chi connectivity index (χ0v) is 5.24. The SMILES string of the molecule is CC[I-]C. The molecule has 0 aromatic carbocycles. The molecule has 0 unspecified atom stereocenters. The van der Waals surface area contributed by atoms with Crippen LogP contribution in [0, 0.1) is 0 Å². The van der Waals surface area contributed by atoms with Crippen LogP contribution in [0.2, 0.25) is 0 Å². The Kier molecular flexibility index (Phi) is 4.41. The van der Waals surface area contributed by atoms with Crippen LogP contribution < -0.4 is 21.2 Å². The number of hydrogen-bond acceptors (Lipinski definition) is 0. The van der Waals surface area contributed by atoms with Crippen molar-refractivity contribution in [3.05, 3.63) is 0 Å². The van der Waals surface area contributed by atoms with Gasteiger partial charge in [-0.15, -0.1) is 0 Å². The fourth-order valence-electron chi connectivity index (χ4n) is 0. The van der Waals surface area contributed by atoms with E-state index in [2.05, 4.69) is 11.9 Å². The van der Waals surface area contributed by atoms with Crippen molar-refractivity contribution in [2.24, 2.45) is 0 Å². The molecular weight excluding hydrogens is 163 g/mol. The van der Waals surface area contributed by atoms with Crippen molar-refractivity contribution >= 4 is 0 Å². The summed E-state index contributed by atoms with van der Waals surface area (Å²) in [5.74, 6) is 0. The molecule has 0 radical (unpaired) electrons. The molecule has 0 fully saturated rings. The van der Waals surface area contributed by atoms with Crippen LogP contribution in [0.4, 0.5) is 0 Å².